The average molecular weight is 237 g/mol. The molecule has 0 amide bonds. The highest BCUT2D eigenvalue weighted by atomic mass is 16.5. The molecule has 2 N–H and O–H groups in total. The van der Waals surface area contributed by atoms with Gasteiger partial charge >= 0.3 is 0 Å². The van der Waals surface area contributed by atoms with Gasteiger partial charge in [-0.15, -0.1) is 0 Å². The molecule has 1 unspecified atom stereocenters. The van der Waals surface area contributed by atoms with E-state index in [2.05, 4.69) is 24.4 Å². The van der Waals surface area contributed by atoms with Crippen LogP contribution in [0, 0.1) is 0 Å². The molecule has 1 aromatic rings. The van der Waals surface area contributed by atoms with E-state index in [0.29, 0.717) is 12.6 Å². The van der Waals surface area contributed by atoms with E-state index in [1.54, 1.807) is 21.0 Å². The minimum atomic E-state index is -0.659. The summed E-state index contributed by atoms with van der Waals surface area (Å²) in [5.41, 5.74) is 0.607. The topological polar surface area (TPSA) is 41.5 Å². The number of hydrogen-bond donors (Lipinski definition) is 2. The van der Waals surface area contributed by atoms with E-state index in [1.807, 2.05) is 12.1 Å². The van der Waals surface area contributed by atoms with Crippen molar-refractivity contribution in [2.24, 2.45) is 0 Å². The zero-order chi connectivity index (χ0) is 12.9. The van der Waals surface area contributed by atoms with Crippen LogP contribution in [0.15, 0.2) is 24.3 Å². The minimum absolute atomic E-state index is 0.342. The van der Waals surface area contributed by atoms with Crippen LogP contribution in [0.1, 0.15) is 26.3 Å². The maximum atomic E-state index is 9.62. The van der Waals surface area contributed by atoms with Crippen molar-refractivity contribution >= 4 is 0 Å². The van der Waals surface area contributed by atoms with E-state index >= 15 is 0 Å². The van der Waals surface area contributed by atoms with Crippen molar-refractivity contribution in [2.75, 3.05) is 13.7 Å². The second-order valence-corrected chi connectivity index (χ2v) is 5.15. The largest absolute Gasteiger partial charge is 0.497 e. The van der Waals surface area contributed by atoms with Crippen molar-refractivity contribution < 1.29 is 9.84 Å². The van der Waals surface area contributed by atoms with Crippen LogP contribution in [0.3, 0.4) is 0 Å². The Kier molecular flexibility index (Phi) is 4.97. The highest BCUT2D eigenvalue weighted by molar-refractivity contribution is 5.27. The lowest BCUT2D eigenvalue weighted by atomic mass is 10.1. The molecule has 0 aliphatic heterocycles. The van der Waals surface area contributed by atoms with Gasteiger partial charge in [-0.2, -0.15) is 0 Å². The first-order chi connectivity index (χ1) is 7.90. The van der Waals surface area contributed by atoms with E-state index in [0.717, 1.165) is 12.2 Å². The van der Waals surface area contributed by atoms with Crippen LogP contribution in [-0.2, 0) is 6.42 Å². The fraction of sp³-hybridized carbons (Fsp3) is 0.571. The second-order valence-electron chi connectivity index (χ2n) is 5.15. The van der Waals surface area contributed by atoms with Crippen LogP contribution in [0.2, 0.25) is 0 Å². The molecule has 1 rings (SSSR count). The van der Waals surface area contributed by atoms with Crippen LogP contribution in [-0.4, -0.2) is 30.4 Å². The van der Waals surface area contributed by atoms with Crippen molar-refractivity contribution in [1.82, 2.24) is 5.32 Å². The van der Waals surface area contributed by atoms with Gasteiger partial charge in [-0.05, 0) is 44.9 Å². The number of nitrogens with one attached hydrogen (secondary N) is 1. The average Bonchev–Trinajstić information content (AvgIpc) is 2.27. The van der Waals surface area contributed by atoms with Crippen LogP contribution in [0.4, 0.5) is 0 Å². The summed E-state index contributed by atoms with van der Waals surface area (Å²) in [6.45, 7) is 6.33. The smallest absolute Gasteiger partial charge is 0.118 e. The Morgan fingerprint density at radius 3 is 2.35 bits per heavy atom. The summed E-state index contributed by atoms with van der Waals surface area (Å²) in [7, 11) is 1.67. The Balaban J connectivity index is 2.42. The summed E-state index contributed by atoms with van der Waals surface area (Å²) in [6, 6.07) is 8.42. The molecule has 0 saturated carbocycles. The van der Waals surface area contributed by atoms with Crippen molar-refractivity contribution in [3.8, 4) is 5.75 Å². The molecule has 17 heavy (non-hydrogen) atoms. The number of ether oxygens (including phenoxy) is 1. The van der Waals surface area contributed by atoms with E-state index in [4.69, 9.17) is 4.74 Å². The Morgan fingerprint density at radius 2 is 1.88 bits per heavy atom. The molecule has 1 atom stereocenters. The molecule has 1 aromatic carbocycles. The molecule has 96 valence electrons. The Labute approximate surface area is 104 Å². The Bertz CT molecular complexity index is 327. The Hall–Kier alpha value is -1.06. The highest BCUT2D eigenvalue weighted by Gasteiger charge is 2.13. The third-order valence-corrected chi connectivity index (χ3v) is 2.58. The van der Waals surface area contributed by atoms with Crippen LogP contribution >= 0.6 is 0 Å². The van der Waals surface area contributed by atoms with Gasteiger partial charge in [0.1, 0.15) is 5.75 Å². The highest BCUT2D eigenvalue weighted by Crippen LogP contribution is 2.12. The van der Waals surface area contributed by atoms with Gasteiger partial charge in [0.05, 0.1) is 12.7 Å². The first kappa shape index (κ1) is 14.0. The van der Waals surface area contributed by atoms with Crippen molar-refractivity contribution in [3.63, 3.8) is 0 Å². The van der Waals surface area contributed by atoms with E-state index in [1.165, 1.54) is 5.56 Å². The molecular formula is C14H23NO2. The number of benzene rings is 1. The maximum absolute atomic E-state index is 9.62. The lowest BCUT2D eigenvalue weighted by Crippen LogP contribution is -2.40. The lowest BCUT2D eigenvalue weighted by molar-refractivity contribution is 0.0770. The first-order valence-corrected chi connectivity index (χ1v) is 5.99. The molecule has 3 heteroatoms. The standard InChI is InChI=1S/C14H23NO2/c1-11(15-10-14(2,3)16)9-12-5-7-13(17-4)8-6-12/h5-8,11,15-16H,9-10H2,1-4H3. The summed E-state index contributed by atoms with van der Waals surface area (Å²) in [6.07, 6.45) is 0.945. The fourth-order valence-corrected chi connectivity index (χ4v) is 1.61. The summed E-state index contributed by atoms with van der Waals surface area (Å²) in [5, 5.41) is 12.9. The molecule has 3 nitrogen and oxygen atoms in total. The minimum Gasteiger partial charge on any atom is -0.497 e. The number of hydrogen-bond acceptors (Lipinski definition) is 3. The molecule has 0 heterocycles. The molecular weight excluding hydrogens is 214 g/mol. The van der Waals surface area contributed by atoms with Crippen LogP contribution in [0.25, 0.3) is 0 Å². The monoisotopic (exact) mass is 237 g/mol. The number of aliphatic hydroxyl groups is 1. The predicted octanol–water partition coefficient (Wildman–Crippen LogP) is 1.99. The Morgan fingerprint density at radius 1 is 1.29 bits per heavy atom. The number of rotatable bonds is 6. The van der Waals surface area contributed by atoms with Gasteiger partial charge < -0.3 is 15.2 Å². The van der Waals surface area contributed by atoms with Gasteiger partial charge in [-0.25, -0.2) is 0 Å². The molecule has 0 aliphatic rings. The van der Waals surface area contributed by atoms with E-state index < -0.39 is 5.60 Å². The molecule has 0 bridgehead atoms. The fourth-order valence-electron chi connectivity index (χ4n) is 1.61. The molecule has 0 radical (unpaired) electrons. The van der Waals surface area contributed by atoms with Gasteiger partial charge in [-0.3, -0.25) is 0 Å². The van der Waals surface area contributed by atoms with Gasteiger partial charge in [0.15, 0.2) is 0 Å². The molecule has 0 saturated heterocycles. The molecule has 0 spiro atoms. The summed E-state index contributed by atoms with van der Waals surface area (Å²) in [4.78, 5) is 0. The molecule has 0 aromatic heterocycles. The van der Waals surface area contributed by atoms with Crippen LogP contribution < -0.4 is 10.1 Å². The maximum Gasteiger partial charge on any atom is 0.118 e. The van der Waals surface area contributed by atoms with Crippen molar-refractivity contribution in [2.45, 2.75) is 38.8 Å². The van der Waals surface area contributed by atoms with E-state index in [9.17, 15) is 5.11 Å². The zero-order valence-electron chi connectivity index (χ0n) is 11.2. The quantitative estimate of drug-likeness (QED) is 0.795. The van der Waals surface area contributed by atoms with Gasteiger partial charge in [-0.1, -0.05) is 12.1 Å². The zero-order valence-corrected chi connectivity index (χ0v) is 11.2. The summed E-state index contributed by atoms with van der Waals surface area (Å²) in [5.74, 6) is 0.880. The van der Waals surface area contributed by atoms with E-state index in [-0.39, 0.29) is 0 Å². The van der Waals surface area contributed by atoms with Gasteiger partial charge in [0, 0.05) is 12.6 Å². The SMILES string of the molecule is COc1ccc(CC(C)NCC(C)(C)O)cc1. The molecule has 0 aliphatic carbocycles. The lowest BCUT2D eigenvalue weighted by Gasteiger charge is -2.21. The number of methoxy groups -OCH3 is 1. The summed E-state index contributed by atoms with van der Waals surface area (Å²) >= 11 is 0. The normalized spacial score (nSPS) is 13.5. The second kappa shape index (κ2) is 6.03. The third-order valence-electron chi connectivity index (χ3n) is 2.58. The van der Waals surface area contributed by atoms with Crippen molar-refractivity contribution in [1.29, 1.82) is 0 Å². The van der Waals surface area contributed by atoms with Gasteiger partial charge in [0.2, 0.25) is 0 Å². The third kappa shape index (κ3) is 5.71. The first-order valence-electron chi connectivity index (χ1n) is 5.99. The van der Waals surface area contributed by atoms with Gasteiger partial charge in [0.25, 0.3) is 0 Å². The van der Waals surface area contributed by atoms with Crippen molar-refractivity contribution in [3.05, 3.63) is 29.8 Å². The summed E-state index contributed by atoms with van der Waals surface area (Å²) < 4.78 is 5.12. The predicted molar refractivity (Wildman–Crippen MR) is 70.5 cm³/mol. The molecule has 0 fully saturated rings. The van der Waals surface area contributed by atoms with Crippen LogP contribution in [0.5, 0.6) is 5.75 Å².